The second-order valence-electron chi connectivity index (χ2n) is 6.86. The average Bonchev–Trinajstić information content (AvgIpc) is 3.29. The van der Waals surface area contributed by atoms with E-state index in [2.05, 4.69) is 43.3 Å². The maximum absolute atomic E-state index is 12.9. The van der Waals surface area contributed by atoms with E-state index >= 15 is 0 Å². The molecule has 28 heavy (non-hydrogen) atoms. The fraction of sp³-hybridized carbons (Fsp3) is 0.350. The van der Waals surface area contributed by atoms with Gasteiger partial charge in [0.2, 0.25) is 5.91 Å². The molecule has 1 atom stereocenters. The van der Waals surface area contributed by atoms with Crippen LogP contribution in [0.15, 0.2) is 49.3 Å². The maximum Gasteiger partial charge on any atom is 0.229 e. The van der Waals surface area contributed by atoms with Crippen molar-refractivity contribution in [1.82, 2.24) is 24.7 Å². The van der Waals surface area contributed by atoms with E-state index in [4.69, 9.17) is 0 Å². The van der Waals surface area contributed by atoms with Crippen molar-refractivity contribution in [3.63, 3.8) is 0 Å². The molecule has 0 radical (unpaired) electrons. The quantitative estimate of drug-likeness (QED) is 0.735. The van der Waals surface area contributed by atoms with Crippen LogP contribution in [0.3, 0.4) is 0 Å². The summed E-state index contributed by atoms with van der Waals surface area (Å²) in [7, 11) is 0. The molecule has 0 spiro atoms. The number of benzene rings is 1. The lowest BCUT2D eigenvalue weighted by atomic mass is 9.96. The Labute approximate surface area is 163 Å². The summed E-state index contributed by atoms with van der Waals surface area (Å²) < 4.78 is 1.60. The molecule has 0 bridgehead atoms. The lowest BCUT2D eigenvalue weighted by Gasteiger charge is -2.33. The van der Waals surface area contributed by atoms with E-state index in [-0.39, 0.29) is 11.8 Å². The van der Waals surface area contributed by atoms with E-state index in [0.29, 0.717) is 12.4 Å². The number of carbonyl (C=O) groups excluding carboxylic acids is 1. The lowest BCUT2D eigenvalue weighted by molar-refractivity contribution is -0.120. The Morgan fingerprint density at radius 2 is 2.07 bits per heavy atom. The third kappa shape index (κ3) is 3.85. The number of nitrogens with zero attached hydrogens (tertiary/aromatic N) is 6. The Morgan fingerprint density at radius 3 is 2.89 bits per heavy atom. The van der Waals surface area contributed by atoms with Crippen molar-refractivity contribution in [1.29, 1.82) is 0 Å². The predicted octanol–water partition coefficient (Wildman–Crippen LogP) is 2.47. The van der Waals surface area contributed by atoms with Crippen LogP contribution in [-0.2, 0) is 11.2 Å². The van der Waals surface area contributed by atoms with Gasteiger partial charge in [-0.15, -0.1) is 0 Å². The molecule has 144 valence electrons. The minimum Gasteiger partial charge on any atom is -0.356 e. The summed E-state index contributed by atoms with van der Waals surface area (Å²) >= 11 is 0. The summed E-state index contributed by atoms with van der Waals surface area (Å²) in [5.41, 5.74) is 2.06. The van der Waals surface area contributed by atoms with Gasteiger partial charge >= 0.3 is 0 Å². The number of aryl methyl sites for hydroxylation is 1. The Balaban J connectivity index is 1.47. The SMILES string of the molecule is CCc1ccccc1NC(=O)C1CCCN(c2cc(-n3cncn3)ncn2)C1. The van der Waals surface area contributed by atoms with Crippen molar-refractivity contribution in [3.05, 3.63) is 54.9 Å². The zero-order valence-corrected chi connectivity index (χ0v) is 15.8. The predicted molar refractivity (Wildman–Crippen MR) is 106 cm³/mol. The van der Waals surface area contributed by atoms with Gasteiger partial charge < -0.3 is 10.2 Å². The van der Waals surface area contributed by atoms with Gasteiger partial charge in [0.25, 0.3) is 0 Å². The Bertz CT molecular complexity index is 941. The molecule has 1 amide bonds. The molecule has 1 saturated heterocycles. The van der Waals surface area contributed by atoms with Crippen LogP contribution in [0.1, 0.15) is 25.3 Å². The first-order valence-electron chi connectivity index (χ1n) is 9.55. The van der Waals surface area contributed by atoms with Crippen molar-refractivity contribution >= 4 is 17.4 Å². The van der Waals surface area contributed by atoms with Crippen LogP contribution in [0, 0.1) is 5.92 Å². The number of rotatable bonds is 5. The fourth-order valence-corrected chi connectivity index (χ4v) is 3.55. The molecule has 1 fully saturated rings. The number of piperidine rings is 1. The van der Waals surface area contributed by atoms with Crippen LogP contribution in [-0.4, -0.2) is 43.7 Å². The monoisotopic (exact) mass is 377 g/mol. The van der Waals surface area contributed by atoms with E-state index in [9.17, 15) is 4.79 Å². The van der Waals surface area contributed by atoms with Crippen molar-refractivity contribution in [2.75, 3.05) is 23.3 Å². The molecule has 1 unspecified atom stereocenters. The molecular formula is C20H23N7O. The van der Waals surface area contributed by atoms with Crippen LogP contribution in [0.25, 0.3) is 5.82 Å². The van der Waals surface area contributed by atoms with Gasteiger partial charge in [-0.3, -0.25) is 4.79 Å². The summed E-state index contributed by atoms with van der Waals surface area (Å²) in [5, 5.41) is 7.23. The average molecular weight is 377 g/mol. The van der Waals surface area contributed by atoms with Gasteiger partial charge in [-0.2, -0.15) is 5.10 Å². The normalized spacial score (nSPS) is 16.8. The number of hydrogen-bond donors (Lipinski definition) is 1. The molecule has 0 aliphatic carbocycles. The van der Waals surface area contributed by atoms with Crippen molar-refractivity contribution < 1.29 is 4.79 Å². The number of carbonyl (C=O) groups is 1. The van der Waals surface area contributed by atoms with Gasteiger partial charge in [0.15, 0.2) is 5.82 Å². The van der Waals surface area contributed by atoms with Gasteiger partial charge in [0, 0.05) is 24.8 Å². The Morgan fingerprint density at radius 1 is 1.21 bits per heavy atom. The number of hydrogen-bond acceptors (Lipinski definition) is 6. The number of nitrogens with one attached hydrogen (secondary N) is 1. The number of anilines is 2. The zero-order valence-electron chi connectivity index (χ0n) is 15.8. The third-order valence-corrected chi connectivity index (χ3v) is 5.06. The van der Waals surface area contributed by atoms with Crippen LogP contribution in [0.4, 0.5) is 11.5 Å². The topological polar surface area (TPSA) is 88.8 Å². The fourth-order valence-electron chi connectivity index (χ4n) is 3.55. The number of aromatic nitrogens is 5. The van der Waals surface area contributed by atoms with E-state index in [1.54, 1.807) is 11.0 Å². The van der Waals surface area contributed by atoms with Crippen molar-refractivity contribution in [2.45, 2.75) is 26.2 Å². The summed E-state index contributed by atoms with van der Waals surface area (Å²) in [6, 6.07) is 9.84. The highest BCUT2D eigenvalue weighted by molar-refractivity contribution is 5.93. The first-order chi connectivity index (χ1) is 13.7. The molecule has 8 heteroatoms. The minimum atomic E-state index is -0.0801. The van der Waals surface area contributed by atoms with Gasteiger partial charge in [0.05, 0.1) is 5.92 Å². The van der Waals surface area contributed by atoms with E-state index < -0.39 is 0 Å². The number of para-hydroxylation sites is 1. The maximum atomic E-state index is 12.9. The van der Waals surface area contributed by atoms with Gasteiger partial charge in [-0.1, -0.05) is 25.1 Å². The highest BCUT2D eigenvalue weighted by Gasteiger charge is 2.27. The molecule has 8 nitrogen and oxygen atoms in total. The Hall–Kier alpha value is -3.29. The van der Waals surface area contributed by atoms with Gasteiger partial charge in [-0.05, 0) is 30.9 Å². The van der Waals surface area contributed by atoms with Gasteiger partial charge in [-0.25, -0.2) is 19.6 Å². The second-order valence-corrected chi connectivity index (χ2v) is 6.86. The molecule has 3 aromatic rings. The van der Waals surface area contributed by atoms with Crippen molar-refractivity contribution in [3.8, 4) is 5.82 Å². The Kier molecular flexibility index (Phi) is 5.27. The highest BCUT2D eigenvalue weighted by Crippen LogP contribution is 2.24. The highest BCUT2D eigenvalue weighted by atomic mass is 16.1. The smallest absolute Gasteiger partial charge is 0.229 e. The summed E-state index contributed by atoms with van der Waals surface area (Å²) in [6.45, 7) is 3.59. The molecule has 3 heterocycles. The van der Waals surface area contributed by atoms with E-state index in [1.165, 1.54) is 12.7 Å². The van der Waals surface area contributed by atoms with Gasteiger partial charge in [0.1, 0.15) is 24.8 Å². The molecule has 1 aromatic carbocycles. The largest absolute Gasteiger partial charge is 0.356 e. The lowest BCUT2D eigenvalue weighted by Crippen LogP contribution is -2.41. The number of amides is 1. The first kappa shape index (κ1) is 18.1. The van der Waals surface area contributed by atoms with Crippen LogP contribution in [0.2, 0.25) is 0 Å². The molecule has 1 N–H and O–H groups in total. The van der Waals surface area contributed by atoms with Crippen molar-refractivity contribution in [2.24, 2.45) is 5.92 Å². The first-order valence-corrected chi connectivity index (χ1v) is 9.55. The zero-order chi connectivity index (χ0) is 19.3. The molecular weight excluding hydrogens is 354 g/mol. The molecule has 1 aliphatic rings. The van der Waals surface area contributed by atoms with E-state index in [0.717, 1.165) is 42.9 Å². The van der Waals surface area contributed by atoms with E-state index in [1.807, 2.05) is 24.3 Å². The summed E-state index contributed by atoms with van der Waals surface area (Å²) in [4.78, 5) is 27.6. The third-order valence-electron chi connectivity index (χ3n) is 5.06. The minimum absolute atomic E-state index is 0.0659. The molecule has 4 rings (SSSR count). The summed E-state index contributed by atoms with van der Waals surface area (Å²) in [5.74, 6) is 1.44. The summed E-state index contributed by atoms with van der Waals surface area (Å²) in [6.07, 6.45) is 7.29. The molecule has 0 saturated carbocycles. The van der Waals surface area contributed by atoms with Crippen LogP contribution >= 0.6 is 0 Å². The standard InChI is InChI=1S/C20H23N7O/c1-2-15-6-3-4-8-17(15)25-20(28)16-7-5-9-26(11-16)18-10-19(23-13-22-18)27-14-21-12-24-27/h3-4,6,8,10,12-14,16H,2,5,7,9,11H2,1H3,(H,25,28). The van der Waals surface area contributed by atoms with Crippen LogP contribution in [0.5, 0.6) is 0 Å². The second kappa shape index (κ2) is 8.16. The van der Waals surface area contributed by atoms with Crippen LogP contribution < -0.4 is 10.2 Å². The molecule has 2 aromatic heterocycles. The molecule has 1 aliphatic heterocycles.